The molecule has 0 unspecified atom stereocenters. The standard InChI is InChI=1S/C43H28N2O2/c1-3-4-9-34-26(2)46-40-18-15-29(24-36(34)40)31-21-32(30-16-19-41-37(25-30)35-10-5-6-11-39(35)47-41)23-33(22-31)38-17-14-28-13-12-27-8-7-20-44-42(27)43(28)45-38/h3-25H,1H2,2H3/b9-4-. The highest BCUT2D eigenvalue weighted by Gasteiger charge is 2.15. The Labute approximate surface area is 270 Å². The molecule has 0 N–H and O–H groups in total. The summed E-state index contributed by atoms with van der Waals surface area (Å²) in [7, 11) is 0. The SMILES string of the molecule is C=C/C=C\c1c(C)oc2ccc(-c3cc(-c4ccc5oc6ccccc6c5c4)cc(-c4ccc5ccc6cccnc6c5n4)c3)cc12. The van der Waals surface area contributed by atoms with Gasteiger partial charge in [-0.1, -0.05) is 79.4 Å². The maximum atomic E-state index is 6.15. The third-order valence-electron chi connectivity index (χ3n) is 9.02. The monoisotopic (exact) mass is 604 g/mol. The van der Waals surface area contributed by atoms with Gasteiger partial charge in [0.15, 0.2) is 0 Å². The summed E-state index contributed by atoms with van der Waals surface area (Å²) in [6.07, 6.45) is 7.62. The number of aryl methyl sites for hydroxylation is 1. The Kier molecular flexibility index (Phi) is 6.15. The molecule has 0 amide bonds. The Bertz CT molecular complexity index is 2730. The van der Waals surface area contributed by atoms with Crippen LogP contribution in [-0.2, 0) is 0 Å². The molecule has 0 aliphatic rings. The molecule has 4 nitrogen and oxygen atoms in total. The largest absolute Gasteiger partial charge is 0.461 e. The number of nitrogens with zero attached hydrogens (tertiary/aromatic N) is 2. The number of fused-ring (bicyclic) bond motifs is 7. The van der Waals surface area contributed by atoms with Gasteiger partial charge in [-0.3, -0.25) is 4.98 Å². The molecule has 222 valence electrons. The minimum atomic E-state index is 0.860. The summed E-state index contributed by atoms with van der Waals surface area (Å²) in [6.45, 7) is 5.85. The Morgan fingerprint density at radius 3 is 2.06 bits per heavy atom. The molecule has 4 heterocycles. The van der Waals surface area contributed by atoms with Crippen LogP contribution >= 0.6 is 0 Å². The highest BCUT2D eigenvalue weighted by molar-refractivity contribution is 6.07. The van der Waals surface area contributed by atoms with Gasteiger partial charge < -0.3 is 8.83 Å². The number of aromatic nitrogens is 2. The number of furan rings is 2. The Hall–Kier alpha value is -6.26. The van der Waals surface area contributed by atoms with Gasteiger partial charge in [0.2, 0.25) is 0 Å². The number of benzene rings is 5. The molecule has 5 aromatic carbocycles. The van der Waals surface area contributed by atoms with E-state index in [1.165, 1.54) is 0 Å². The summed E-state index contributed by atoms with van der Waals surface area (Å²) >= 11 is 0. The maximum Gasteiger partial charge on any atom is 0.135 e. The number of hydrogen-bond acceptors (Lipinski definition) is 4. The van der Waals surface area contributed by atoms with Crippen LogP contribution in [0, 0.1) is 6.92 Å². The van der Waals surface area contributed by atoms with Crippen molar-refractivity contribution in [3.05, 3.63) is 152 Å². The lowest BCUT2D eigenvalue weighted by molar-refractivity contribution is 0.577. The fourth-order valence-electron chi connectivity index (χ4n) is 6.69. The van der Waals surface area contributed by atoms with E-state index in [-0.39, 0.29) is 0 Å². The van der Waals surface area contributed by atoms with Crippen LogP contribution in [0.1, 0.15) is 11.3 Å². The second kappa shape index (κ2) is 10.7. The fraction of sp³-hybridized carbons (Fsp3) is 0.0233. The van der Waals surface area contributed by atoms with Crippen LogP contribution in [0.25, 0.3) is 94.3 Å². The zero-order chi connectivity index (χ0) is 31.5. The summed E-state index contributed by atoms with van der Waals surface area (Å²) in [4.78, 5) is 9.91. The van der Waals surface area contributed by atoms with E-state index in [4.69, 9.17) is 18.8 Å². The highest BCUT2D eigenvalue weighted by atomic mass is 16.3. The molecule has 0 radical (unpaired) electrons. The van der Waals surface area contributed by atoms with Crippen molar-refractivity contribution in [1.29, 1.82) is 0 Å². The minimum absolute atomic E-state index is 0.860. The first-order valence-corrected chi connectivity index (χ1v) is 15.7. The van der Waals surface area contributed by atoms with Gasteiger partial charge in [0.05, 0.1) is 16.7 Å². The van der Waals surface area contributed by atoms with Gasteiger partial charge in [-0.05, 0) is 89.8 Å². The number of para-hydroxylation sites is 1. The molecule has 4 aromatic heterocycles. The van der Waals surface area contributed by atoms with E-state index >= 15 is 0 Å². The summed E-state index contributed by atoms with van der Waals surface area (Å²) in [6, 6.07) is 40.3. The van der Waals surface area contributed by atoms with E-state index in [1.807, 2.05) is 37.4 Å². The molecule has 0 fully saturated rings. The van der Waals surface area contributed by atoms with Gasteiger partial charge in [0.25, 0.3) is 0 Å². The summed E-state index contributed by atoms with van der Waals surface area (Å²) < 4.78 is 12.3. The normalized spacial score (nSPS) is 11.9. The predicted molar refractivity (Wildman–Crippen MR) is 194 cm³/mol. The Morgan fingerprint density at radius 1 is 0.574 bits per heavy atom. The first kappa shape index (κ1) is 27.1. The van der Waals surface area contributed by atoms with Crippen molar-refractivity contribution in [2.45, 2.75) is 6.92 Å². The van der Waals surface area contributed by atoms with Crippen molar-refractivity contribution in [1.82, 2.24) is 9.97 Å². The van der Waals surface area contributed by atoms with Gasteiger partial charge in [-0.2, -0.15) is 0 Å². The van der Waals surface area contributed by atoms with Crippen molar-refractivity contribution in [2.75, 3.05) is 0 Å². The van der Waals surface area contributed by atoms with E-state index in [1.54, 1.807) is 6.08 Å². The quantitative estimate of drug-likeness (QED) is 0.145. The van der Waals surface area contributed by atoms with Gasteiger partial charge in [-0.25, -0.2) is 4.98 Å². The van der Waals surface area contributed by atoms with E-state index in [2.05, 4.69) is 110 Å². The van der Waals surface area contributed by atoms with Crippen molar-refractivity contribution in [3.8, 4) is 33.5 Å². The zero-order valence-electron chi connectivity index (χ0n) is 25.7. The summed E-state index contributed by atoms with van der Waals surface area (Å²) in [5.41, 5.74) is 11.8. The molecule has 0 aliphatic carbocycles. The third-order valence-corrected chi connectivity index (χ3v) is 9.02. The van der Waals surface area contributed by atoms with Crippen molar-refractivity contribution in [2.24, 2.45) is 0 Å². The molecule has 9 aromatic rings. The molecule has 0 bridgehead atoms. The van der Waals surface area contributed by atoms with E-state index in [0.29, 0.717) is 0 Å². The lowest BCUT2D eigenvalue weighted by Gasteiger charge is -2.12. The fourth-order valence-corrected chi connectivity index (χ4v) is 6.69. The van der Waals surface area contributed by atoms with E-state index in [9.17, 15) is 0 Å². The van der Waals surface area contributed by atoms with Crippen LogP contribution < -0.4 is 0 Å². The average Bonchev–Trinajstić information content (AvgIpc) is 3.65. The smallest absolute Gasteiger partial charge is 0.135 e. The molecule has 0 aliphatic heterocycles. The highest BCUT2D eigenvalue weighted by Crippen LogP contribution is 2.38. The molecular formula is C43H28N2O2. The van der Waals surface area contributed by atoms with Crippen molar-refractivity contribution >= 4 is 60.8 Å². The second-order valence-corrected chi connectivity index (χ2v) is 11.9. The van der Waals surface area contributed by atoms with Crippen molar-refractivity contribution in [3.63, 3.8) is 0 Å². The molecule has 4 heteroatoms. The van der Waals surface area contributed by atoms with Crippen LogP contribution in [0.3, 0.4) is 0 Å². The zero-order valence-corrected chi connectivity index (χ0v) is 25.7. The number of allylic oxidation sites excluding steroid dienone is 2. The topological polar surface area (TPSA) is 52.1 Å². The van der Waals surface area contributed by atoms with Gasteiger partial charge in [0.1, 0.15) is 22.5 Å². The van der Waals surface area contributed by atoms with E-state index < -0.39 is 0 Å². The van der Waals surface area contributed by atoms with Crippen LogP contribution in [0.2, 0.25) is 0 Å². The minimum Gasteiger partial charge on any atom is -0.461 e. The molecular weight excluding hydrogens is 576 g/mol. The molecule has 47 heavy (non-hydrogen) atoms. The van der Waals surface area contributed by atoms with Gasteiger partial charge >= 0.3 is 0 Å². The summed E-state index contributed by atoms with van der Waals surface area (Å²) in [5, 5.41) is 5.41. The van der Waals surface area contributed by atoms with Crippen LogP contribution in [0.4, 0.5) is 0 Å². The molecule has 0 saturated heterocycles. The molecule has 0 saturated carbocycles. The van der Waals surface area contributed by atoms with Crippen LogP contribution in [0.5, 0.6) is 0 Å². The molecule has 0 spiro atoms. The Balaban J connectivity index is 1.28. The molecule has 0 atom stereocenters. The summed E-state index contributed by atoms with van der Waals surface area (Å²) in [5.74, 6) is 0.881. The van der Waals surface area contributed by atoms with E-state index in [0.717, 1.165) is 99.5 Å². The average molecular weight is 605 g/mol. The lowest BCUT2D eigenvalue weighted by atomic mass is 9.93. The number of rotatable bonds is 5. The van der Waals surface area contributed by atoms with Gasteiger partial charge in [0, 0.05) is 44.3 Å². The number of hydrogen-bond donors (Lipinski definition) is 0. The Morgan fingerprint density at radius 2 is 1.26 bits per heavy atom. The predicted octanol–water partition coefficient (Wildman–Crippen LogP) is 11.9. The van der Waals surface area contributed by atoms with Crippen LogP contribution in [0.15, 0.2) is 149 Å². The van der Waals surface area contributed by atoms with Crippen molar-refractivity contribution < 1.29 is 8.83 Å². The first-order chi connectivity index (χ1) is 23.1. The van der Waals surface area contributed by atoms with Gasteiger partial charge in [-0.15, -0.1) is 0 Å². The lowest BCUT2D eigenvalue weighted by Crippen LogP contribution is -1.91. The third kappa shape index (κ3) is 4.53. The maximum absolute atomic E-state index is 6.15. The molecule has 9 rings (SSSR count). The first-order valence-electron chi connectivity index (χ1n) is 15.7. The second-order valence-electron chi connectivity index (χ2n) is 11.9. The number of pyridine rings is 2. The van der Waals surface area contributed by atoms with Crippen LogP contribution in [-0.4, -0.2) is 9.97 Å².